The zero-order valence-corrected chi connectivity index (χ0v) is 19.4. The van der Waals surface area contributed by atoms with Gasteiger partial charge in [0.15, 0.2) is 5.16 Å². The number of carbonyl (C=O) groups excluding carboxylic acids is 1. The molecule has 1 aliphatic rings. The van der Waals surface area contributed by atoms with Gasteiger partial charge in [-0.3, -0.25) is 9.59 Å². The molecule has 162 valence electrons. The smallest absolute Gasteiger partial charge is 0.263 e. The fourth-order valence-corrected chi connectivity index (χ4v) is 4.03. The van der Waals surface area contributed by atoms with Crippen LogP contribution < -0.4 is 16.2 Å². The molecule has 1 atom stereocenters. The average molecular weight is 462 g/mol. The van der Waals surface area contributed by atoms with Crippen LogP contribution in [0, 0.1) is 12.8 Å². The van der Waals surface area contributed by atoms with Gasteiger partial charge in [-0.15, -0.1) is 24.8 Å². The zero-order valence-electron chi connectivity index (χ0n) is 16.9. The molecule has 1 fully saturated rings. The predicted molar refractivity (Wildman–Crippen MR) is 122 cm³/mol. The largest absolute Gasteiger partial charge is 0.346 e. The fraction of sp³-hybridized carbons (Fsp3) is 0.526. The first-order valence-corrected chi connectivity index (χ1v) is 10.5. The Morgan fingerprint density at radius 1 is 1.41 bits per heavy atom. The van der Waals surface area contributed by atoms with Crippen LogP contribution in [0.25, 0.3) is 0 Å². The minimum atomic E-state index is -0.333. The van der Waals surface area contributed by atoms with E-state index in [-0.39, 0.29) is 41.8 Å². The van der Waals surface area contributed by atoms with Crippen LogP contribution in [0.15, 0.2) is 28.4 Å². The molecule has 0 bridgehead atoms. The maximum Gasteiger partial charge on any atom is 0.263 e. The lowest BCUT2D eigenvalue weighted by molar-refractivity contribution is 0.0947. The Hall–Kier alpha value is -1.48. The second-order valence-corrected chi connectivity index (χ2v) is 7.79. The summed E-state index contributed by atoms with van der Waals surface area (Å²) in [5.74, 6) is 0.0926. The topological polar surface area (TPSA) is 81.0 Å². The van der Waals surface area contributed by atoms with Crippen molar-refractivity contribution in [3.8, 4) is 0 Å². The monoisotopic (exact) mass is 461 g/mol. The van der Waals surface area contributed by atoms with Crippen molar-refractivity contribution >= 4 is 42.5 Å². The normalized spacial score (nSPS) is 15.9. The van der Waals surface area contributed by atoms with E-state index in [1.54, 1.807) is 35.6 Å². The number of thioether (sulfide) groups is 1. The molecule has 0 aromatic carbocycles. The summed E-state index contributed by atoms with van der Waals surface area (Å²) in [4.78, 5) is 29.9. The third-order valence-electron chi connectivity index (χ3n) is 5.11. The van der Waals surface area contributed by atoms with Gasteiger partial charge in [-0.1, -0.05) is 11.8 Å². The Bertz CT molecular complexity index is 878. The first-order valence-electron chi connectivity index (χ1n) is 9.24. The highest BCUT2D eigenvalue weighted by atomic mass is 35.5. The van der Waals surface area contributed by atoms with Crippen molar-refractivity contribution in [2.45, 2.75) is 38.0 Å². The van der Waals surface area contributed by atoms with Crippen LogP contribution in [-0.4, -0.2) is 39.4 Å². The number of piperidine rings is 1. The Labute approximate surface area is 187 Å². The molecule has 1 aliphatic heterocycles. The maximum atomic E-state index is 12.9. The van der Waals surface area contributed by atoms with E-state index < -0.39 is 0 Å². The van der Waals surface area contributed by atoms with E-state index in [9.17, 15) is 9.59 Å². The summed E-state index contributed by atoms with van der Waals surface area (Å²) >= 11 is 1.55. The van der Waals surface area contributed by atoms with Gasteiger partial charge in [-0.25, -0.2) is 4.98 Å². The van der Waals surface area contributed by atoms with Crippen LogP contribution in [0.3, 0.4) is 0 Å². The van der Waals surface area contributed by atoms with Gasteiger partial charge in [0.2, 0.25) is 0 Å². The lowest BCUT2D eigenvalue weighted by atomic mass is 9.99. The van der Waals surface area contributed by atoms with Gasteiger partial charge in [0.1, 0.15) is 5.56 Å². The molecule has 0 aliphatic carbocycles. The molecule has 1 amide bonds. The summed E-state index contributed by atoms with van der Waals surface area (Å²) in [6.07, 6.45) is 7.74. The lowest BCUT2D eigenvalue weighted by Gasteiger charge is -2.23. The first kappa shape index (κ1) is 25.6. The van der Waals surface area contributed by atoms with Crippen LogP contribution in [0.4, 0.5) is 0 Å². The SMILES string of the molecule is CSc1ncc(CNC(=O)c2c(C)ccn(CC3CCCNC3)c2=O)n1C.Cl.Cl. The molecule has 3 rings (SSSR count). The average Bonchev–Trinajstić information content (AvgIpc) is 3.03. The Morgan fingerprint density at radius 2 is 2.17 bits per heavy atom. The molecule has 1 saturated heterocycles. The highest BCUT2D eigenvalue weighted by Gasteiger charge is 2.19. The highest BCUT2D eigenvalue weighted by molar-refractivity contribution is 7.98. The minimum Gasteiger partial charge on any atom is -0.346 e. The maximum absolute atomic E-state index is 12.9. The van der Waals surface area contributed by atoms with Crippen molar-refractivity contribution in [2.75, 3.05) is 19.3 Å². The number of hydrogen-bond acceptors (Lipinski definition) is 5. The molecule has 0 spiro atoms. The van der Waals surface area contributed by atoms with Crippen molar-refractivity contribution in [2.24, 2.45) is 13.0 Å². The number of amides is 1. The third-order valence-corrected chi connectivity index (χ3v) is 5.85. The molecule has 29 heavy (non-hydrogen) atoms. The number of aromatic nitrogens is 3. The van der Waals surface area contributed by atoms with Crippen molar-refractivity contribution in [1.29, 1.82) is 0 Å². The predicted octanol–water partition coefficient (Wildman–Crippen LogP) is 2.39. The number of aryl methyl sites for hydroxylation is 1. The molecule has 0 radical (unpaired) electrons. The van der Waals surface area contributed by atoms with E-state index >= 15 is 0 Å². The van der Waals surface area contributed by atoms with Gasteiger partial charge in [0.25, 0.3) is 11.5 Å². The summed E-state index contributed by atoms with van der Waals surface area (Å²) < 4.78 is 3.62. The number of carbonyl (C=O) groups is 1. The molecule has 1 unspecified atom stereocenters. The Kier molecular flexibility index (Phi) is 10.3. The molecule has 10 heteroatoms. The van der Waals surface area contributed by atoms with E-state index in [0.29, 0.717) is 24.6 Å². The van der Waals surface area contributed by atoms with Crippen molar-refractivity contribution in [3.63, 3.8) is 0 Å². The lowest BCUT2D eigenvalue weighted by Crippen LogP contribution is -2.38. The van der Waals surface area contributed by atoms with Gasteiger partial charge in [0.05, 0.1) is 18.4 Å². The number of imidazole rings is 1. The number of pyridine rings is 1. The summed E-state index contributed by atoms with van der Waals surface area (Å²) in [6, 6.07) is 1.85. The van der Waals surface area contributed by atoms with Gasteiger partial charge in [0, 0.05) is 19.8 Å². The summed E-state index contributed by atoms with van der Waals surface area (Å²) in [7, 11) is 1.92. The number of nitrogens with zero attached hydrogens (tertiary/aromatic N) is 3. The van der Waals surface area contributed by atoms with Crippen molar-refractivity contribution in [3.05, 3.63) is 45.6 Å². The second kappa shape index (κ2) is 11.6. The molecule has 0 saturated carbocycles. The number of nitrogens with one attached hydrogen (secondary N) is 2. The standard InChI is InChI=1S/C19H27N5O2S.2ClH/c1-13-6-8-24(12-14-5-4-7-20-9-14)18(26)16(13)17(25)21-10-15-11-22-19(27-3)23(15)2;;/h6,8,11,14,20H,4-5,7,9-10,12H2,1-3H3,(H,21,25);2*1H. The third kappa shape index (κ3) is 6.01. The number of rotatable bonds is 6. The summed E-state index contributed by atoms with van der Waals surface area (Å²) in [5, 5.41) is 7.13. The quantitative estimate of drug-likeness (QED) is 0.645. The minimum absolute atomic E-state index is 0. The van der Waals surface area contributed by atoms with E-state index in [1.165, 1.54) is 0 Å². The summed E-state index contributed by atoms with van der Waals surface area (Å²) in [6.45, 7) is 4.74. The van der Waals surface area contributed by atoms with E-state index in [1.807, 2.05) is 23.9 Å². The van der Waals surface area contributed by atoms with Crippen LogP contribution >= 0.6 is 36.6 Å². The van der Waals surface area contributed by atoms with Crippen LogP contribution in [0.2, 0.25) is 0 Å². The summed E-state index contributed by atoms with van der Waals surface area (Å²) in [5.41, 5.74) is 1.61. The number of hydrogen-bond donors (Lipinski definition) is 2. The van der Waals surface area contributed by atoms with Gasteiger partial charge >= 0.3 is 0 Å². The second-order valence-electron chi connectivity index (χ2n) is 7.02. The first-order chi connectivity index (χ1) is 13.0. The molecule has 7 nitrogen and oxygen atoms in total. The molecule has 2 aromatic heterocycles. The van der Waals surface area contributed by atoms with Crippen LogP contribution in [0.1, 0.15) is 34.5 Å². The molecule has 3 heterocycles. The van der Waals surface area contributed by atoms with Crippen molar-refractivity contribution in [1.82, 2.24) is 24.8 Å². The fourth-order valence-electron chi connectivity index (χ4n) is 3.48. The van der Waals surface area contributed by atoms with Crippen molar-refractivity contribution < 1.29 is 4.79 Å². The molecule has 2 aromatic rings. The Morgan fingerprint density at radius 3 is 2.79 bits per heavy atom. The van der Waals surface area contributed by atoms with E-state index in [2.05, 4.69) is 15.6 Å². The van der Waals surface area contributed by atoms with Gasteiger partial charge in [-0.2, -0.15) is 0 Å². The van der Waals surface area contributed by atoms with Crippen LogP contribution in [-0.2, 0) is 20.1 Å². The highest BCUT2D eigenvalue weighted by Crippen LogP contribution is 2.14. The van der Waals surface area contributed by atoms with Gasteiger partial charge < -0.3 is 19.8 Å². The Balaban J connectivity index is 0.00000210. The van der Waals surface area contributed by atoms with Crippen LogP contribution in [0.5, 0.6) is 0 Å². The molecule has 2 N–H and O–H groups in total. The van der Waals surface area contributed by atoms with Gasteiger partial charge in [-0.05, 0) is 56.7 Å². The van der Waals surface area contributed by atoms with E-state index in [0.717, 1.165) is 36.8 Å². The molecular weight excluding hydrogens is 433 g/mol. The number of halogens is 2. The van der Waals surface area contributed by atoms with E-state index in [4.69, 9.17) is 0 Å². The zero-order chi connectivity index (χ0) is 19.4. The molecular formula is C19H29Cl2N5O2S.